The van der Waals surface area contributed by atoms with Crippen molar-refractivity contribution in [1.29, 1.82) is 0 Å². The SMILES string of the molecule is C=C(C)[C@H]1C(=O)c2c3c(cc4c5c(n1c24)[C@@]1(C)C(CC[C@H]2[C@](C)(/C=C/C=C(\CCC)NC(=O)N4CCOCC4)[C@@H](O)CC[C@@]21C)C5)C1=CC(C)(C)OC(C)(C)C1[C@@H]3O. The predicted molar refractivity (Wildman–Crippen MR) is 228 cm³/mol. The van der Waals surface area contributed by atoms with Crippen LogP contribution in [0.2, 0.25) is 0 Å². The molecule has 3 N–H and O–H groups in total. The van der Waals surface area contributed by atoms with E-state index in [-0.39, 0.29) is 34.5 Å². The number of fused-ring (bicyclic) bond motifs is 11. The van der Waals surface area contributed by atoms with Crippen molar-refractivity contribution < 1.29 is 29.3 Å². The summed E-state index contributed by atoms with van der Waals surface area (Å²) in [4.78, 5) is 29.9. The molecule has 9 rings (SSSR count). The first-order valence-electron chi connectivity index (χ1n) is 22.1. The second kappa shape index (κ2) is 13.2. The van der Waals surface area contributed by atoms with Crippen molar-refractivity contribution in [2.45, 2.75) is 142 Å². The summed E-state index contributed by atoms with van der Waals surface area (Å²) in [7, 11) is 0. The lowest BCUT2D eigenvalue weighted by molar-refractivity contribution is -0.144. The Kier molecular flexibility index (Phi) is 9.12. The molecule has 4 heterocycles. The lowest BCUT2D eigenvalue weighted by Crippen LogP contribution is -2.62. The van der Waals surface area contributed by atoms with Crippen molar-refractivity contribution >= 4 is 28.3 Å². The Morgan fingerprint density at radius 1 is 1.07 bits per heavy atom. The third kappa shape index (κ3) is 5.34. The van der Waals surface area contributed by atoms with Crippen LogP contribution in [0.1, 0.15) is 146 Å². The van der Waals surface area contributed by atoms with E-state index in [1.165, 1.54) is 11.3 Å². The van der Waals surface area contributed by atoms with Gasteiger partial charge in [0.15, 0.2) is 5.78 Å². The smallest absolute Gasteiger partial charge is 0.321 e. The molecule has 9 atom stereocenters. The first-order valence-corrected chi connectivity index (χ1v) is 22.1. The molecule has 4 aliphatic carbocycles. The summed E-state index contributed by atoms with van der Waals surface area (Å²) < 4.78 is 14.4. The fourth-order valence-electron chi connectivity index (χ4n) is 13.9. The number of nitrogens with zero attached hydrogens (tertiary/aromatic N) is 2. The van der Waals surface area contributed by atoms with Gasteiger partial charge in [0.05, 0.1) is 47.7 Å². The van der Waals surface area contributed by atoms with E-state index in [1.807, 2.05) is 17.9 Å². The molecule has 2 aromatic rings. The Hall–Kier alpha value is -3.50. The number of rotatable bonds is 6. The Balaban J connectivity index is 1.15. The minimum Gasteiger partial charge on any atom is -0.392 e. The second-order valence-electron chi connectivity index (χ2n) is 20.7. The molecule has 58 heavy (non-hydrogen) atoms. The number of nitrogens with one attached hydrogen (secondary N) is 1. The molecule has 1 saturated heterocycles. The molecule has 0 spiro atoms. The number of carbonyl (C=O) groups excluding carboxylic acids is 2. The molecule has 0 radical (unpaired) electrons. The van der Waals surface area contributed by atoms with Crippen molar-refractivity contribution in [2.75, 3.05) is 26.3 Å². The minimum atomic E-state index is -0.857. The van der Waals surface area contributed by atoms with Crippen LogP contribution in [0.4, 0.5) is 4.79 Å². The summed E-state index contributed by atoms with van der Waals surface area (Å²) in [5, 5.41) is 28.6. The summed E-state index contributed by atoms with van der Waals surface area (Å²) in [6.07, 6.45) is 13.4. The van der Waals surface area contributed by atoms with Gasteiger partial charge in [-0.05, 0) is 125 Å². The molecule has 9 heteroatoms. The van der Waals surface area contributed by atoms with Gasteiger partial charge < -0.3 is 34.5 Å². The van der Waals surface area contributed by atoms with Crippen LogP contribution < -0.4 is 5.32 Å². The van der Waals surface area contributed by atoms with Gasteiger partial charge >= 0.3 is 6.03 Å². The van der Waals surface area contributed by atoms with Gasteiger partial charge in [0.25, 0.3) is 0 Å². The monoisotopic (exact) mass is 791 g/mol. The van der Waals surface area contributed by atoms with Gasteiger partial charge in [0.1, 0.15) is 6.04 Å². The van der Waals surface area contributed by atoms with Crippen LogP contribution in [0, 0.1) is 28.6 Å². The average Bonchev–Trinajstić information content (AvgIpc) is 3.83. The summed E-state index contributed by atoms with van der Waals surface area (Å²) >= 11 is 0. The topological polar surface area (TPSA) is 113 Å². The molecule has 2 unspecified atom stereocenters. The Morgan fingerprint density at radius 2 is 1.79 bits per heavy atom. The van der Waals surface area contributed by atoms with Crippen LogP contribution in [-0.4, -0.2) is 75.1 Å². The molecule has 1 aromatic carbocycles. The maximum absolute atomic E-state index is 15.0. The molecule has 7 aliphatic rings. The van der Waals surface area contributed by atoms with E-state index >= 15 is 4.79 Å². The standard InChI is InChI=1S/C49H65N3O6/c1-11-13-29(50-44(56)51-20-22-57-23-21-51)14-12-18-47(8)34-16-15-28-24-32-31-25-30-33-26-45(4,5)58-46(6,7)38(33)41(54)36(30)37-40(31)52(39(27(2)3)42(37)55)43(32)49(28,10)48(34,9)19-17-35(47)53/h12,14,18,25-26,28,34-35,38-39,41,53-54H,2,11,13,15-17,19-24H2,1,3-10H3,(H,50,56)/b18-12+,29-14+/t28?,34-,35-,38?,39-,41+,47-,48-,49+/m0/s1. The van der Waals surface area contributed by atoms with Gasteiger partial charge in [-0.15, -0.1) is 0 Å². The third-order valence-electron chi connectivity index (χ3n) is 16.5. The second-order valence-corrected chi connectivity index (χ2v) is 20.7. The first kappa shape index (κ1) is 39.9. The van der Waals surface area contributed by atoms with Crippen LogP contribution in [0.5, 0.6) is 0 Å². The molecule has 2 amide bonds. The van der Waals surface area contributed by atoms with E-state index in [9.17, 15) is 15.0 Å². The summed E-state index contributed by atoms with van der Waals surface area (Å²) in [5.74, 6) is 0.326. The number of hydrogen-bond acceptors (Lipinski definition) is 6. The summed E-state index contributed by atoms with van der Waals surface area (Å²) in [5.41, 5.74) is 6.68. The molecule has 3 fully saturated rings. The quantitative estimate of drug-likeness (QED) is 0.199. The van der Waals surface area contributed by atoms with E-state index in [2.05, 4.69) is 96.1 Å². The average molecular weight is 792 g/mol. The number of Topliss-reactive ketones (excluding diaryl/α,β-unsaturated/α-hetero) is 1. The number of hydrogen-bond donors (Lipinski definition) is 3. The number of benzene rings is 1. The number of amides is 2. The van der Waals surface area contributed by atoms with Gasteiger partial charge in [-0.25, -0.2) is 4.79 Å². The van der Waals surface area contributed by atoms with Gasteiger partial charge in [0.2, 0.25) is 0 Å². The van der Waals surface area contributed by atoms with Crippen molar-refractivity contribution in [3.05, 3.63) is 76.2 Å². The lowest BCUT2D eigenvalue weighted by atomic mass is 9.40. The summed E-state index contributed by atoms with van der Waals surface area (Å²) in [6, 6.07) is 1.70. The number of aliphatic hydroxyl groups excluding tert-OH is 2. The number of morpholine rings is 1. The molecular formula is C49H65N3O6. The van der Waals surface area contributed by atoms with Crippen LogP contribution in [0.25, 0.3) is 16.5 Å². The Bertz CT molecular complexity index is 2220. The van der Waals surface area contributed by atoms with E-state index in [4.69, 9.17) is 9.47 Å². The van der Waals surface area contributed by atoms with Crippen molar-refractivity contribution in [2.24, 2.45) is 28.6 Å². The molecule has 0 bridgehead atoms. The number of ketones is 1. The molecule has 3 aliphatic heterocycles. The van der Waals surface area contributed by atoms with Crippen molar-refractivity contribution in [3.63, 3.8) is 0 Å². The Labute approximate surface area is 344 Å². The highest BCUT2D eigenvalue weighted by molar-refractivity contribution is 6.18. The van der Waals surface area contributed by atoms with Crippen LogP contribution >= 0.6 is 0 Å². The van der Waals surface area contributed by atoms with E-state index in [0.717, 1.165) is 77.4 Å². The molecule has 9 nitrogen and oxygen atoms in total. The van der Waals surface area contributed by atoms with Crippen LogP contribution in [0.3, 0.4) is 0 Å². The van der Waals surface area contributed by atoms with Gasteiger partial charge in [-0.2, -0.15) is 0 Å². The number of ether oxygens (including phenoxy) is 2. The van der Waals surface area contributed by atoms with Gasteiger partial charge in [0, 0.05) is 52.2 Å². The highest BCUT2D eigenvalue weighted by Gasteiger charge is 2.68. The molecule has 312 valence electrons. The zero-order valence-corrected chi connectivity index (χ0v) is 36.3. The van der Waals surface area contributed by atoms with Crippen LogP contribution in [-0.2, 0) is 21.3 Å². The number of aliphatic hydroxyl groups is 2. The number of urea groups is 1. The number of aromatic nitrogens is 1. The minimum absolute atomic E-state index is 0.0372. The normalized spacial score (nSPS) is 37.0. The maximum Gasteiger partial charge on any atom is 0.321 e. The predicted octanol–water partition coefficient (Wildman–Crippen LogP) is 8.88. The summed E-state index contributed by atoms with van der Waals surface area (Å²) in [6.45, 7) is 26.3. The van der Waals surface area contributed by atoms with E-state index in [0.29, 0.717) is 44.2 Å². The fraction of sp³-hybridized carbons (Fsp3) is 0.633. The number of allylic oxidation sites excluding steroid dienone is 4. The maximum atomic E-state index is 15.0. The van der Waals surface area contributed by atoms with Crippen molar-refractivity contribution in [3.8, 4) is 0 Å². The van der Waals surface area contributed by atoms with Crippen LogP contribution in [0.15, 0.2) is 48.2 Å². The Morgan fingerprint density at radius 3 is 2.48 bits per heavy atom. The van der Waals surface area contributed by atoms with Gasteiger partial charge in [-0.3, -0.25) is 4.79 Å². The first-order chi connectivity index (χ1) is 27.3. The lowest BCUT2D eigenvalue weighted by Gasteiger charge is -2.64. The highest BCUT2D eigenvalue weighted by Crippen LogP contribution is 2.71. The molecule has 2 saturated carbocycles. The fourth-order valence-corrected chi connectivity index (χ4v) is 13.9. The molecular weight excluding hydrogens is 727 g/mol. The zero-order valence-electron chi connectivity index (χ0n) is 36.3. The largest absolute Gasteiger partial charge is 0.392 e. The van der Waals surface area contributed by atoms with Gasteiger partial charge in [-0.1, -0.05) is 58.4 Å². The molecule has 1 aromatic heterocycles. The highest BCUT2D eigenvalue weighted by atomic mass is 16.5. The zero-order chi connectivity index (χ0) is 41.5. The third-order valence-corrected chi connectivity index (χ3v) is 16.5. The van der Waals surface area contributed by atoms with E-state index in [1.54, 1.807) is 0 Å². The number of carbonyl (C=O) groups is 2. The van der Waals surface area contributed by atoms with E-state index < -0.39 is 34.9 Å². The van der Waals surface area contributed by atoms with Crippen molar-refractivity contribution in [1.82, 2.24) is 14.8 Å².